The van der Waals surface area contributed by atoms with Gasteiger partial charge in [-0.15, -0.1) is 0 Å². The van der Waals surface area contributed by atoms with E-state index < -0.39 is 9.84 Å². The zero-order valence-corrected chi connectivity index (χ0v) is 13.3. The quantitative estimate of drug-likeness (QED) is 0.819. The lowest BCUT2D eigenvalue weighted by atomic mass is 10.1. The lowest BCUT2D eigenvalue weighted by molar-refractivity contribution is 0.559. The van der Waals surface area contributed by atoms with Gasteiger partial charge in [-0.25, -0.2) is 13.4 Å². The monoisotopic (exact) mass is 313 g/mol. The molecule has 0 aliphatic carbocycles. The maximum absolute atomic E-state index is 11.4. The minimum Gasteiger partial charge on any atom is -0.389 e. The third-order valence-corrected chi connectivity index (χ3v) is 5.41. The zero-order valence-electron chi connectivity index (χ0n) is 11.6. The summed E-state index contributed by atoms with van der Waals surface area (Å²) in [5, 5.41) is 3.31. The number of nitrogens with zero attached hydrogens (tertiary/aromatic N) is 1. The first-order valence-corrected chi connectivity index (χ1v) is 8.76. The number of pyridine rings is 1. The standard InChI is InChI=1S/C13H19N3O2S2/c1-8-7-9(2)15-13(11(8)12(14)19)16-10-3-5-20(17,18)6-4-10/h7,10H,3-6H2,1-2H3,(H2,14,19)(H,15,16). The van der Waals surface area contributed by atoms with Gasteiger partial charge in [0.25, 0.3) is 0 Å². The number of hydrogen-bond acceptors (Lipinski definition) is 5. The van der Waals surface area contributed by atoms with Gasteiger partial charge in [-0.3, -0.25) is 0 Å². The molecule has 0 bridgehead atoms. The Labute approximate surface area is 124 Å². The highest BCUT2D eigenvalue weighted by Gasteiger charge is 2.24. The van der Waals surface area contributed by atoms with Crippen LogP contribution in [-0.4, -0.2) is 35.9 Å². The van der Waals surface area contributed by atoms with Gasteiger partial charge in [0, 0.05) is 11.7 Å². The van der Waals surface area contributed by atoms with Gasteiger partial charge >= 0.3 is 0 Å². The van der Waals surface area contributed by atoms with Crippen LogP contribution in [0, 0.1) is 13.8 Å². The molecule has 1 aliphatic rings. The maximum atomic E-state index is 11.4. The van der Waals surface area contributed by atoms with Gasteiger partial charge < -0.3 is 11.1 Å². The van der Waals surface area contributed by atoms with Crippen LogP contribution in [0.15, 0.2) is 6.07 Å². The second kappa shape index (κ2) is 5.65. The Morgan fingerprint density at radius 3 is 2.55 bits per heavy atom. The van der Waals surface area contributed by atoms with E-state index in [2.05, 4.69) is 10.3 Å². The third-order valence-electron chi connectivity index (χ3n) is 3.49. The van der Waals surface area contributed by atoms with E-state index in [1.165, 1.54) is 0 Å². The van der Waals surface area contributed by atoms with Crippen LogP contribution in [0.4, 0.5) is 5.82 Å². The molecule has 1 fully saturated rings. The number of anilines is 1. The normalized spacial score (nSPS) is 18.7. The number of nitrogens with two attached hydrogens (primary N) is 1. The summed E-state index contributed by atoms with van der Waals surface area (Å²) in [6, 6.07) is 2.03. The number of thiocarbonyl (C=S) groups is 1. The lowest BCUT2D eigenvalue weighted by Gasteiger charge is -2.25. The summed E-state index contributed by atoms with van der Waals surface area (Å²) in [7, 11) is -2.86. The van der Waals surface area contributed by atoms with Crippen LogP contribution in [0.5, 0.6) is 0 Å². The van der Waals surface area contributed by atoms with Gasteiger partial charge in [0.2, 0.25) is 0 Å². The maximum Gasteiger partial charge on any atom is 0.150 e. The molecule has 3 N–H and O–H groups in total. The molecular weight excluding hydrogens is 294 g/mol. The van der Waals surface area contributed by atoms with Crippen molar-refractivity contribution in [1.29, 1.82) is 0 Å². The van der Waals surface area contributed by atoms with E-state index >= 15 is 0 Å². The second-order valence-electron chi connectivity index (χ2n) is 5.24. The fraction of sp³-hybridized carbons (Fsp3) is 0.538. The van der Waals surface area contributed by atoms with Crippen molar-refractivity contribution < 1.29 is 8.42 Å². The van der Waals surface area contributed by atoms with Crippen molar-refractivity contribution in [2.45, 2.75) is 32.7 Å². The zero-order chi connectivity index (χ0) is 14.9. The molecule has 0 spiro atoms. The summed E-state index contributed by atoms with van der Waals surface area (Å²) in [5.41, 5.74) is 8.38. The molecule has 1 aromatic heterocycles. The smallest absolute Gasteiger partial charge is 0.150 e. The first-order chi connectivity index (χ1) is 9.28. The molecule has 1 aliphatic heterocycles. The molecule has 20 heavy (non-hydrogen) atoms. The minimum atomic E-state index is -2.86. The van der Waals surface area contributed by atoms with Gasteiger partial charge in [0.05, 0.1) is 17.1 Å². The first kappa shape index (κ1) is 15.2. The predicted molar refractivity (Wildman–Crippen MR) is 84.9 cm³/mol. The molecule has 0 atom stereocenters. The molecule has 0 radical (unpaired) electrons. The molecule has 5 nitrogen and oxygen atoms in total. The van der Waals surface area contributed by atoms with E-state index in [-0.39, 0.29) is 17.5 Å². The molecule has 0 aromatic carbocycles. The Morgan fingerprint density at radius 1 is 1.40 bits per heavy atom. The van der Waals surface area contributed by atoms with Crippen molar-refractivity contribution in [3.8, 4) is 0 Å². The van der Waals surface area contributed by atoms with Crippen molar-refractivity contribution in [2.75, 3.05) is 16.8 Å². The van der Waals surface area contributed by atoms with Crippen LogP contribution in [0.1, 0.15) is 29.7 Å². The molecule has 0 saturated carbocycles. The Bertz CT molecular complexity index is 627. The molecule has 1 saturated heterocycles. The van der Waals surface area contributed by atoms with Gasteiger partial charge in [0.15, 0.2) is 0 Å². The fourth-order valence-electron chi connectivity index (χ4n) is 2.48. The molecule has 0 unspecified atom stereocenters. The van der Waals surface area contributed by atoms with E-state index in [0.717, 1.165) is 16.8 Å². The molecule has 7 heteroatoms. The Kier molecular flexibility index (Phi) is 4.29. The summed E-state index contributed by atoms with van der Waals surface area (Å²) in [6.45, 7) is 3.85. The van der Waals surface area contributed by atoms with E-state index in [1.807, 2.05) is 19.9 Å². The first-order valence-electron chi connectivity index (χ1n) is 6.53. The summed E-state index contributed by atoms with van der Waals surface area (Å²) >= 11 is 5.09. The Hall–Kier alpha value is -1.21. The highest BCUT2D eigenvalue weighted by molar-refractivity contribution is 7.91. The van der Waals surface area contributed by atoms with Crippen LogP contribution >= 0.6 is 12.2 Å². The van der Waals surface area contributed by atoms with Crippen molar-refractivity contribution in [3.05, 3.63) is 22.9 Å². The topological polar surface area (TPSA) is 85.1 Å². The molecule has 2 rings (SSSR count). The molecule has 1 aromatic rings. The average molecular weight is 313 g/mol. The van der Waals surface area contributed by atoms with Crippen molar-refractivity contribution >= 4 is 32.9 Å². The van der Waals surface area contributed by atoms with Crippen LogP contribution in [-0.2, 0) is 9.84 Å². The largest absolute Gasteiger partial charge is 0.389 e. The van der Waals surface area contributed by atoms with Crippen LogP contribution in [0.3, 0.4) is 0 Å². The Morgan fingerprint density at radius 2 is 2.00 bits per heavy atom. The van der Waals surface area contributed by atoms with Gasteiger partial charge in [-0.2, -0.15) is 0 Å². The summed E-state index contributed by atoms with van der Waals surface area (Å²) < 4.78 is 22.9. The number of rotatable bonds is 3. The molecular formula is C13H19N3O2S2. The van der Waals surface area contributed by atoms with Gasteiger partial charge in [0.1, 0.15) is 20.6 Å². The average Bonchev–Trinajstić information content (AvgIpc) is 2.30. The summed E-state index contributed by atoms with van der Waals surface area (Å²) in [5.74, 6) is 1.11. The van der Waals surface area contributed by atoms with E-state index in [1.54, 1.807) is 0 Å². The molecule has 110 valence electrons. The highest BCUT2D eigenvalue weighted by atomic mass is 32.2. The van der Waals surface area contributed by atoms with E-state index in [0.29, 0.717) is 23.6 Å². The summed E-state index contributed by atoms with van der Waals surface area (Å²) in [4.78, 5) is 4.76. The fourth-order valence-corrected chi connectivity index (χ4v) is 4.23. The SMILES string of the molecule is Cc1cc(C)c(C(N)=S)c(NC2CCS(=O)(=O)CC2)n1. The lowest BCUT2D eigenvalue weighted by Crippen LogP contribution is -2.33. The van der Waals surface area contributed by atoms with Gasteiger partial charge in [-0.1, -0.05) is 12.2 Å². The highest BCUT2D eigenvalue weighted by Crippen LogP contribution is 2.22. The van der Waals surface area contributed by atoms with E-state index in [4.69, 9.17) is 18.0 Å². The number of sulfone groups is 1. The van der Waals surface area contributed by atoms with Crippen LogP contribution in [0.2, 0.25) is 0 Å². The second-order valence-corrected chi connectivity index (χ2v) is 7.98. The summed E-state index contributed by atoms with van der Waals surface area (Å²) in [6.07, 6.45) is 1.18. The minimum absolute atomic E-state index is 0.0975. The predicted octanol–water partition coefficient (Wildman–Crippen LogP) is 1.32. The van der Waals surface area contributed by atoms with Crippen molar-refractivity contribution in [2.24, 2.45) is 5.73 Å². The molecule has 0 amide bonds. The van der Waals surface area contributed by atoms with Gasteiger partial charge in [-0.05, 0) is 38.3 Å². The van der Waals surface area contributed by atoms with Crippen molar-refractivity contribution in [3.63, 3.8) is 0 Å². The van der Waals surface area contributed by atoms with Crippen LogP contribution < -0.4 is 11.1 Å². The number of aryl methyl sites for hydroxylation is 2. The van der Waals surface area contributed by atoms with Crippen LogP contribution in [0.25, 0.3) is 0 Å². The molecule has 2 heterocycles. The third kappa shape index (κ3) is 3.46. The van der Waals surface area contributed by atoms with E-state index in [9.17, 15) is 8.42 Å². The Balaban J connectivity index is 2.23. The number of hydrogen-bond donors (Lipinski definition) is 2. The number of nitrogens with one attached hydrogen (secondary N) is 1. The number of aromatic nitrogens is 1. The van der Waals surface area contributed by atoms with Crippen molar-refractivity contribution in [1.82, 2.24) is 4.98 Å².